The van der Waals surface area contributed by atoms with Crippen molar-refractivity contribution in [3.63, 3.8) is 0 Å². The lowest BCUT2D eigenvalue weighted by Crippen LogP contribution is -2.34. The number of aromatic carboxylic acids is 1. The van der Waals surface area contributed by atoms with E-state index < -0.39 is 5.97 Å². The van der Waals surface area contributed by atoms with Crippen LogP contribution in [0.15, 0.2) is 12.4 Å². The predicted molar refractivity (Wildman–Crippen MR) is 78.9 cm³/mol. The quantitative estimate of drug-likeness (QED) is 0.926. The van der Waals surface area contributed by atoms with Gasteiger partial charge in [0, 0.05) is 19.1 Å². The number of carbonyl (C=O) groups is 1. The van der Waals surface area contributed by atoms with Crippen LogP contribution in [-0.2, 0) is 6.54 Å². The second kappa shape index (κ2) is 4.77. The second-order valence-corrected chi connectivity index (χ2v) is 7.82. The number of rotatable bonds is 3. The molecule has 0 amide bonds. The van der Waals surface area contributed by atoms with Gasteiger partial charge in [-0.15, -0.1) is 0 Å². The molecule has 0 radical (unpaired) electrons. The summed E-state index contributed by atoms with van der Waals surface area (Å²) in [5.74, 6) is -1.03. The fourth-order valence-electron chi connectivity index (χ4n) is 4.52. The van der Waals surface area contributed by atoms with Crippen molar-refractivity contribution in [1.82, 2.24) is 14.9 Å². The fraction of sp³-hybridized carbons (Fsp3) is 0.688. The Labute approximate surface area is 125 Å². The summed E-state index contributed by atoms with van der Waals surface area (Å²) in [5, 5.41) is 8.86. The number of hydrogen-bond acceptors (Lipinski definition) is 4. The van der Waals surface area contributed by atoms with Crippen molar-refractivity contribution in [3.8, 4) is 0 Å². The van der Waals surface area contributed by atoms with Crippen LogP contribution in [0, 0.1) is 10.8 Å². The van der Waals surface area contributed by atoms with E-state index in [0.717, 1.165) is 18.8 Å². The van der Waals surface area contributed by atoms with E-state index >= 15 is 0 Å². The molecule has 3 rings (SSSR count). The fourth-order valence-corrected chi connectivity index (χ4v) is 4.52. The summed E-state index contributed by atoms with van der Waals surface area (Å²) in [7, 11) is 0. The Morgan fingerprint density at radius 1 is 1.33 bits per heavy atom. The smallest absolute Gasteiger partial charge is 0.356 e. The van der Waals surface area contributed by atoms with Crippen molar-refractivity contribution >= 4 is 5.97 Å². The zero-order valence-corrected chi connectivity index (χ0v) is 13.0. The molecular formula is C16H23N3O2. The van der Waals surface area contributed by atoms with Crippen molar-refractivity contribution in [1.29, 1.82) is 0 Å². The van der Waals surface area contributed by atoms with Gasteiger partial charge in [0.1, 0.15) is 0 Å². The third-order valence-electron chi connectivity index (χ3n) is 4.81. The average molecular weight is 289 g/mol. The Kier molecular flexibility index (Phi) is 3.28. The topological polar surface area (TPSA) is 66.3 Å². The molecule has 1 saturated carbocycles. The Hall–Kier alpha value is -1.49. The van der Waals surface area contributed by atoms with E-state index in [9.17, 15) is 4.79 Å². The van der Waals surface area contributed by atoms with Gasteiger partial charge in [0.05, 0.1) is 18.1 Å². The molecule has 1 saturated heterocycles. The SMILES string of the molecule is CC1(C)C[C@@H]2C[C@@](C)(CN2Cc2cnc(C(=O)O)cn2)C1. The van der Waals surface area contributed by atoms with E-state index in [2.05, 4.69) is 35.6 Å². The molecule has 5 heteroatoms. The minimum absolute atomic E-state index is 0.00649. The summed E-state index contributed by atoms with van der Waals surface area (Å²) in [5.41, 5.74) is 1.67. The number of nitrogens with zero attached hydrogens (tertiary/aromatic N) is 3. The first-order valence-electron chi connectivity index (χ1n) is 7.55. The minimum Gasteiger partial charge on any atom is -0.476 e. The second-order valence-electron chi connectivity index (χ2n) is 7.82. The average Bonchev–Trinajstić information content (AvgIpc) is 2.58. The molecule has 0 unspecified atom stereocenters. The Morgan fingerprint density at radius 2 is 2.10 bits per heavy atom. The summed E-state index contributed by atoms with van der Waals surface area (Å²) >= 11 is 0. The van der Waals surface area contributed by atoms with Crippen LogP contribution in [0.25, 0.3) is 0 Å². The van der Waals surface area contributed by atoms with Gasteiger partial charge in [-0.25, -0.2) is 9.78 Å². The molecule has 2 fully saturated rings. The summed E-state index contributed by atoms with van der Waals surface area (Å²) < 4.78 is 0. The largest absolute Gasteiger partial charge is 0.476 e. The zero-order valence-electron chi connectivity index (χ0n) is 13.0. The van der Waals surface area contributed by atoms with E-state index in [1.54, 1.807) is 6.20 Å². The van der Waals surface area contributed by atoms with Crippen molar-refractivity contribution in [2.75, 3.05) is 6.54 Å². The molecule has 5 nitrogen and oxygen atoms in total. The van der Waals surface area contributed by atoms with Crippen LogP contribution < -0.4 is 0 Å². The van der Waals surface area contributed by atoms with E-state index in [0.29, 0.717) is 16.9 Å². The molecular weight excluding hydrogens is 266 g/mol. The van der Waals surface area contributed by atoms with Crippen LogP contribution in [0.2, 0.25) is 0 Å². The number of carboxylic acids is 1. The van der Waals surface area contributed by atoms with E-state index in [1.165, 1.54) is 25.5 Å². The minimum atomic E-state index is -1.03. The summed E-state index contributed by atoms with van der Waals surface area (Å²) in [6.07, 6.45) is 6.71. The summed E-state index contributed by atoms with van der Waals surface area (Å²) in [4.78, 5) is 21.5. The molecule has 1 aliphatic carbocycles. The number of hydrogen-bond donors (Lipinski definition) is 1. The van der Waals surface area contributed by atoms with Crippen LogP contribution in [-0.4, -0.2) is 38.5 Å². The highest BCUT2D eigenvalue weighted by atomic mass is 16.4. The molecule has 2 bridgehead atoms. The number of likely N-dealkylation sites (tertiary alicyclic amines) is 1. The van der Waals surface area contributed by atoms with Gasteiger partial charge in [0.15, 0.2) is 5.69 Å². The molecule has 1 aliphatic heterocycles. The van der Waals surface area contributed by atoms with E-state index in [4.69, 9.17) is 5.11 Å². The van der Waals surface area contributed by atoms with Gasteiger partial charge in [-0.3, -0.25) is 9.88 Å². The molecule has 1 aromatic rings. The first-order valence-corrected chi connectivity index (χ1v) is 7.55. The van der Waals surface area contributed by atoms with E-state index in [1.807, 2.05) is 0 Å². The van der Waals surface area contributed by atoms with Gasteiger partial charge in [0.25, 0.3) is 0 Å². The van der Waals surface area contributed by atoms with Gasteiger partial charge in [-0.1, -0.05) is 20.8 Å². The highest BCUT2D eigenvalue weighted by Gasteiger charge is 2.49. The molecule has 2 aliphatic rings. The Morgan fingerprint density at radius 3 is 2.71 bits per heavy atom. The maximum Gasteiger partial charge on any atom is 0.356 e. The third-order valence-corrected chi connectivity index (χ3v) is 4.81. The zero-order chi connectivity index (χ0) is 15.3. The molecule has 21 heavy (non-hydrogen) atoms. The van der Waals surface area contributed by atoms with Crippen LogP contribution in [0.4, 0.5) is 0 Å². The summed E-state index contributed by atoms with van der Waals surface area (Å²) in [6, 6.07) is 0.611. The van der Waals surface area contributed by atoms with Gasteiger partial charge in [-0.2, -0.15) is 0 Å². The first-order chi connectivity index (χ1) is 9.76. The number of fused-ring (bicyclic) bond motifs is 2. The predicted octanol–water partition coefficient (Wildman–Crippen LogP) is 2.58. The first kappa shape index (κ1) is 14.4. The highest BCUT2D eigenvalue weighted by molar-refractivity contribution is 5.84. The molecule has 0 aromatic carbocycles. The van der Waals surface area contributed by atoms with Crippen LogP contribution >= 0.6 is 0 Å². The monoisotopic (exact) mass is 289 g/mol. The molecule has 114 valence electrons. The van der Waals surface area contributed by atoms with Crippen LogP contribution in [0.1, 0.15) is 56.2 Å². The lowest BCUT2D eigenvalue weighted by Gasteiger charge is -2.39. The normalized spacial score (nSPS) is 31.3. The Balaban J connectivity index is 1.73. The van der Waals surface area contributed by atoms with Crippen LogP contribution in [0.3, 0.4) is 0 Å². The van der Waals surface area contributed by atoms with Crippen LogP contribution in [0.5, 0.6) is 0 Å². The van der Waals surface area contributed by atoms with Gasteiger partial charge in [0.2, 0.25) is 0 Å². The van der Waals surface area contributed by atoms with Crippen molar-refractivity contribution in [2.45, 2.75) is 52.6 Å². The Bertz CT molecular complexity index is 555. The molecule has 2 atom stereocenters. The van der Waals surface area contributed by atoms with Gasteiger partial charge in [-0.05, 0) is 30.1 Å². The maximum atomic E-state index is 10.8. The maximum absolute atomic E-state index is 10.8. The number of aromatic nitrogens is 2. The molecule has 2 heterocycles. The van der Waals surface area contributed by atoms with Gasteiger partial charge < -0.3 is 5.11 Å². The molecule has 1 N–H and O–H groups in total. The van der Waals surface area contributed by atoms with Crippen molar-refractivity contribution in [3.05, 3.63) is 23.8 Å². The molecule has 1 aromatic heterocycles. The van der Waals surface area contributed by atoms with Crippen molar-refractivity contribution in [2.24, 2.45) is 10.8 Å². The highest BCUT2D eigenvalue weighted by Crippen LogP contribution is 2.52. The third kappa shape index (κ3) is 2.93. The van der Waals surface area contributed by atoms with E-state index in [-0.39, 0.29) is 5.69 Å². The number of carboxylic acid groups (broad SMARTS) is 1. The molecule has 0 spiro atoms. The van der Waals surface area contributed by atoms with Crippen molar-refractivity contribution < 1.29 is 9.90 Å². The lowest BCUT2D eigenvalue weighted by molar-refractivity contribution is 0.0689. The lowest BCUT2D eigenvalue weighted by atomic mass is 9.65. The summed E-state index contributed by atoms with van der Waals surface area (Å²) in [6.45, 7) is 8.98. The van der Waals surface area contributed by atoms with Gasteiger partial charge >= 0.3 is 5.97 Å². The standard InChI is InChI=1S/C16H23N3O2/c1-15(2)4-12-5-16(3,9-15)10-19(12)8-11-6-18-13(7-17-11)14(20)21/h6-7,12H,4-5,8-10H2,1-3H3,(H,20,21)/t12-,16-/m1/s1.